The van der Waals surface area contributed by atoms with Crippen LogP contribution in [0.5, 0.6) is 0 Å². The number of benzene rings is 1. The Morgan fingerprint density at radius 3 is 2.84 bits per heavy atom. The van der Waals surface area contributed by atoms with Gasteiger partial charge in [-0.25, -0.2) is 9.18 Å². The number of nitrogens with one attached hydrogen (secondary N) is 2. The molecule has 0 radical (unpaired) electrons. The normalized spacial score (nSPS) is 18.5. The lowest BCUT2D eigenvalue weighted by Gasteiger charge is -2.29. The molecule has 0 saturated carbocycles. The molecule has 1 aromatic carbocycles. The SMILES string of the molecule is CCOC(=O)CCNC(=S)NC[C@H]1CN(c2ccc(N3CCSCC3)c(F)c2)C(=O)O1. The van der Waals surface area contributed by atoms with Gasteiger partial charge in [0, 0.05) is 31.1 Å². The molecule has 0 bridgehead atoms. The average Bonchev–Trinajstić information content (AvgIpc) is 3.13. The first kappa shape index (κ1) is 23.4. The van der Waals surface area contributed by atoms with Crippen molar-refractivity contribution >= 4 is 52.5 Å². The van der Waals surface area contributed by atoms with E-state index in [0.717, 1.165) is 24.6 Å². The van der Waals surface area contributed by atoms with Gasteiger partial charge < -0.3 is 25.0 Å². The van der Waals surface area contributed by atoms with Crippen LogP contribution in [0.4, 0.5) is 20.6 Å². The Kier molecular flexibility index (Phi) is 8.59. The quantitative estimate of drug-likeness (QED) is 0.438. The molecule has 170 valence electrons. The van der Waals surface area contributed by atoms with Crippen molar-refractivity contribution in [3.05, 3.63) is 24.0 Å². The second-order valence-electron chi connectivity index (χ2n) is 7.04. The van der Waals surface area contributed by atoms with Gasteiger partial charge >= 0.3 is 12.1 Å². The largest absolute Gasteiger partial charge is 0.466 e. The van der Waals surface area contributed by atoms with Crippen LogP contribution in [0.25, 0.3) is 0 Å². The summed E-state index contributed by atoms with van der Waals surface area (Å²) in [6.45, 7) is 4.66. The van der Waals surface area contributed by atoms with E-state index in [1.165, 1.54) is 11.0 Å². The predicted molar refractivity (Wildman–Crippen MR) is 123 cm³/mol. The van der Waals surface area contributed by atoms with E-state index in [0.29, 0.717) is 36.2 Å². The van der Waals surface area contributed by atoms with Crippen molar-refractivity contribution in [2.45, 2.75) is 19.4 Å². The maximum absolute atomic E-state index is 14.7. The molecule has 1 atom stereocenters. The highest BCUT2D eigenvalue weighted by atomic mass is 32.2. The minimum absolute atomic E-state index is 0.208. The zero-order chi connectivity index (χ0) is 22.2. The number of nitrogens with zero attached hydrogens (tertiary/aromatic N) is 2. The molecular weight excluding hydrogens is 443 g/mol. The zero-order valence-electron chi connectivity index (χ0n) is 17.4. The van der Waals surface area contributed by atoms with Crippen molar-refractivity contribution in [1.82, 2.24) is 10.6 Å². The highest BCUT2D eigenvalue weighted by molar-refractivity contribution is 7.99. The monoisotopic (exact) mass is 470 g/mol. The Balaban J connectivity index is 1.47. The highest BCUT2D eigenvalue weighted by Crippen LogP contribution is 2.29. The molecule has 2 fully saturated rings. The lowest BCUT2D eigenvalue weighted by molar-refractivity contribution is -0.142. The van der Waals surface area contributed by atoms with Gasteiger partial charge in [0.1, 0.15) is 11.9 Å². The number of esters is 1. The van der Waals surface area contributed by atoms with Crippen LogP contribution in [-0.4, -0.2) is 74.1 Å². The van der Waals surface area contributed by atoms with Crippen molar-refractivity contribution in [2.75, 3.05) is 60.6 Å². The van der Waals surface area contributed by atoms with Crippen LogP contribution in [0.15, 0.2) is 18.2 Å². The number of carbonyl (C=O) groups excluding carboxylic acids is 2. The Morgan fingerprint density at radius 2 is 2.13 bits per heavy atom. The molecule has 0 aliphatic carbocycles. The van der Waals surface area contributed by atoms with E-state index in [1.54, 1.807) is 19.1 Å². The molecule has 11 heteroatoms. The van der Waals surface area contributed by atoms with Crippen LogP contribution >= 0.6 is 24.0 Å². The number of ether oxygens (including phenoxy) is 2. The summed E-state index contributed by atoms with van der Waals surface area (Å²) in [7, 11) is 0. The summed E-state index contributed by atoms with van der Waals surface area (Å²) in [5.74, 6) is 1.32. The fourth-order valence-corrected chi connectivity index (χ4v) is 4.43. The van der Waals surface area contributed by atoms with E-state index in [4.69, 9.17) is 21.7 Å². The third kappa shape index (κ3) is 6.60. The molecule has 0 aromatic heterocycles. The van der Waals surface area contributed by atoms with Crippen molar-refractivity contribution in [2.24, 2.45) is 0 Å². The van der Waals surface area contributed by atoms with Gasteiger partial charge in [-0.2, -0.15) is 11.8 Å². The molecule has 0 spiro atoms. The van der Waals surface area contributed by atoms with Gasteiger partial charge in [-0.15, -0.1) is 0 Å². The predicted octanol–water partition coefficient (Wildman–Crippen LogP) is 2.12. The first-order chi connectivity index (χ1) is 15.0. The first-order valence-corrected chi connectivity index (χ1v) is 11.8. The van der Waals surface area contributed by atoms with Crippen molar-refractivity contribution < 1.29 is 23.5 Å². The van der Waals surface area contributed by atoms with E-state index in [1.807, 2.05) is 16.7 Å². The molecule has 1 amide bonds. The van der Waals surface area contributed by atoms with Crippen molar-refractivity contribution in [1.29, 1.82) is 0 Å². The smallest absolute Gasteiger partial charge is 0.414 e. The Morgan fingerprint density at radius 1 is 1.35 bits per heavy atom. The topological polar surface area (TPSA) is 83.1 Å². The number of carbonyl (C=O) groups is 2. The van der Waals surface area contributed by atoms with Crippen LogP contribution in [0.2, 0.25) is 0 Å². The number of hydrogen-bond donors (Lipinski definition) is 2. The van der Waals surface area contributed by atoms with Crippen LogP contribution < -0.4 is 20.4 Å². The summed E-state index contributed by atoms with van der Waals surface area (Å²) >= 11 is 7.03. The number of amides is 1. The second kappa shape index (κ2) is 11.4. The maximum Gasteiger partial charge on any atom is 0.414 e. The standard InChI is InChI=1S/C20H27FN4O4S2/c1-2-28-18(26)5-6-22-19(30)23-12-15-13-25(20(27)29-15)14-3-4-17(16(21)11-14)24-7-9-31-10-8-24/h3-4,11,15H,2,5-10,12-13H2,1H3,(H2,22,23,30)/t15-/m0/s1. The average molecular weight is 471 g/mol. The Hall–Kier alpha value is -2.27. The molecule has 3 rings (SSSR count). The van der Waals surface area contributed by atoms with Gasteiger partial charge in [0.25, 0.3) is 0 Å². The fraction of sp³-hybridized carbons (Fsp3) is 0.550. The van der Waals surface area contributed by atoms with Gasteiger partial charge in [0.15, 0.2) is 5.11 Å². The summed E-state index contributed by atoms with van der Waals surface area (Å²) in [4.78, 5) is 27.0. The van der Waals surface area contributed by atoms with Gasteiger partial charge in [-0.3, -0.25) is 9.69 Å². The number of rotatable bonds is 8. The summed E-state index contributed by atoms with van der Waals surface area (Å²) in [6, 6.07) is 4.86. The van der Waals surface area contributed by atoms with Crippen LogP contribution in [0, 0.1) is 5.82 Å². The summed E-state index contributed by atoms with van der Waals surface area (Å²) in [6.07, 6.45) is -0.742. The maximum atomic E-state index is 14.7. The van der Waals surface area contributed by atoms with Crippen LogP contribution in [-0.2, 0) is 14.3 Å². The molecule has 1 aromatic rings. The molecule has 2 aliphatic rings. The van der Waals surface area contributed by atoms with E-state index >= 15 is 0 Å². The fourth-order valence-electron chi connectivity index (χ4n) is 3.34. The number of thioether (sulfide) groups is 1. The number of cyclic esters (lactones) is 1. The van der Waals surface area contributed by atoms with Gasteiger partial charge in [0.05, 0.1) is 37.5 Å². The second-order valence-corrected chi connectivity index (χ2v) is 8.68. The summed E-state index contributed by atoms with van der Waals surface area (Å²) < 4.78 is 24.9. The van der Waals surface area contributed by atoms with Gasteiger partial charge in [-0.05, 0) is 37.3 Å². The molecule has 2 aliphatic heterocycles. The van der Waals surface area contributed by atoms with E-state index in [9.17, 15) is 14.0 Å². The van der Waals surface area contributed by atoms with Crippen molar-refractivity contribution in [3.8, 4) is 0 Å². The molecule has 8 nitrogen and oxygen atoms in total. The summed E-state index contributed by atoms with van der Waals surface area (Å²) in [5, 5.41) is 6.23. The Bertz CT molecular complexity index is 807. The number of thiocarbonyl (C=S) groups is 1. The van der Waals surface area contributed by atoms with Gasteiger partial charge in [0.2, 0.25) is 0 Å². The third-order valence-corrected chi connectivity index (χ3v) is 6.11. The first-order valence-electron chi connectivity index (χ1n) is 10.3. The molecule has 2 saturated heterocycles. The number of anilines is 2. The molecule has 0 unspecified atom stereocenters. The Labute approximate surface area is 190 Å². The minimum Gasteiger partial charge on any atom is -0.466 e. The molecule has 2 heterocycles. The zero-order valence-corrected chi connectivity index (χ0v) is 19.0. The van der Waals surface area contributed by atoms with Gasteiger partial charge in [-0.1, -0.05) is 0 Å². The van der Waals surface area contributed by atoms with E-state index in [2.05, 4.69) is 10.6 Å². The lowest BCUT2D eigenvalue weighted by atomic mass is 10.2. The third-order valence-electron chi connectivity index (χ3n) is 4.88. The molecular formula is C20H27FN4O4S2. The summed E-state index contributed by atoms with van der Waals surface area (Å²) in [5.41, 5.74) is 1.03. The molecule has 2 N–H and O–H groups in total. The lowest BCUT2D eigenvalue weighted by Crippen LogP contribution is -2.41. The molecule has 31 heavy (non-hydrogen) atoms. The van der Waals surface area contributed by atoms with E-state index < -0.39 is 12.2 Å². The van der Waals surface area contributed by atoms with E-state index in [-0.39, 0.29) is 24.8 Å². The van der Waals surface area contributed by atoms with Crippen molar-refractivity contribution in [3.63, 3.8) is 0 Å². The van der Waals surface area contributed by atoms with Crippen LogP contribution in [0.3, 0.4) is 0 Å². The number of halogens is 1. The number of hydrogen-bond acceptors (Lipinski definition) is 7. The minimum atomic E-state index is -0.519. The van der Waals surface area contributed by atoms with Crippen LogP contribution in [0.1, 0.15) is 13.3 Å². The highest BCUT2D eigenvalue weighted by Gasteiger charge is 2.33.